The second-order valence-electron chi connectivity index (χ2n) is 7.57. The summed E-state index contributed by atoms with van der Waals surface area (Å²) in [7, 11) is 0. The van der Waals surface area contributed by atoms with Gasteiger partial charge in [-0.05, 0) is 29.2 Å². The number of carboxylic acids is 1. The molecule has 10 nitrogen and oxygen atoms in total. The number of benzene rings is 2. The topological polar surface area (TPSA) is 151 Å². The van der Waals surface area contributed by atoms with Crippen LogP contribution in [0.3, 0.4) is 0 Å². The van der Waals surface area contributed by atoms with Crippen LogP contribution >= 0.6 is 0 Å². The maximum Gasteiger partial charge on any atom is 0.408 e. The van der Waals surface area contributed by atoms with Crippen LogP contribution in [0.25, 0.3) is 11.1 Å². The maximum atomic E-state index is 12.5. The van der Waals surface area contributed by atoms with Gasteiger partial charge in [0.25, 0.3) is 5.91 Å². The molecule has 1 unspecified atom stereocenters. The van der Waals surface area contributed by atoms with Crippen LogP contribution in [0.15, 0.2) is 48.5 Å². The monoisotopic (exact) mass is 470 g/mol. The minimum atomic E-state index is -1.82. The van der Waals surface area contributed by atoms with E-state index in [2.05, 4.69) is 10.6 Å². The van der Waals surface area contributed by atoms with E-state index in [0.29, 0.717) is 0 Å². The van der Waals surface area contributed by atoms with Gasteiger partial charge in [-0.2, -0.15) is 0 Å². The van der Waals surface area contributed by atoms with Crippen molar-refractivity contribution in [3.63, 3.8) is 0 Å². The summed E-state index contributed by atoms with van der Waals surface area (Å²) in [5, 5.41) is 22.4. The molecule has 0 fully saturated rings. The average Bonchev–Trinajstić information content (AvgIpc) is 3.14. The van der Waals surface area contributed by atoms with E-state index >= 15 is 0 Å². The highest BCUT2D eigenvalue weighted by Gasteiger charge is 2.34. The quantitative estimate of drug-likeness (QED) is 0.301. The van der Waals surface area contributed by atoms with Gasteiger partial charge in [-0.1, -0.05) is 48.5 Å². The Bertz CT molecular complexity index is 1020. The Hall–Kier alpha value is -3.92. The number of carbonyl (C=O) groups is 4. The van der Waals surface area contributed by atoms with Crippen LogP contribution in [0.2, 0.25) is 0 Å². The van der Waals surface area contributed by atoms with Gasteiger partial charge in [-0.25, -0.2) is 14.4 Å². The number of nitrogens with one attached hydrogen (secondary N) is 2. The van der Waals surface area contributed by atoms with Crippen LogP contribution in [0.5, 0.6) is 0 Å². The molecular weight excluding hydrogens is 444 g/mol. The Morgan fingerprint density at radius 1 is 0.941 bits per heavy atom. The van der Waals surface area contributed by atoms with Crippen molar-refractivity contribution in [3.05, 3.63) is 59.7 Å². The van der Waals surface area contributed by atoms with Gasteiger partial charge in [-0.3, -0.25) is 10.1 Å². The Balaban J connectivity index is 1.70. The summed E-state index contributed by atoms with van der Waals surface area (Å²) >= 11 is 0. The van der Waals surface area contributed by atoms with Gasteiger partial charge < -0.3 is 25.0 Å². The summed E-state index contributed by atoms with van der Waals surface area (Å²) in [4.78, 5) is 48.6. The van der Waals surface area contributed by atoms with E-state index in [-0.39, 0.29) is 25.6 Å². The van der Waals surface area contributed by atoms with Crippen LogP contribution in [-0.2, 0) is 23.9 Å². The first-order valence-corrected chi connectivity index (χ1v) is 10.8. The Labute approximate surface area is 195 Å². The zero-order chi connectivity index (χ0) is 24.7. The summed E-state index contributed by atoms with van der Waals surface area (Å²) in [6.45, 7) is 0.917. The van der Waals surface area contributed by atoms with Gasteiger partial charge in [0, 0.05) is 18.9 Å². The summed E-state index contributed by atoms with van der Waals surface area (Å²) < 4.78 is 10.2. The van der Waals surface area contributed by atoms with Crippen molar-refractivity contribution < 1.29 is 38.9 Å². The molecule has 2 aromatic carbocycles. The minimum absolute atomic E-state index is 0.0424. The highest BCUT2D eigenvalue weighted by atomic mass is 16.6. The van der Waals surface area contributed by atoms with E-state index in [4.69, 9.17) is 14.6 Å². The fraction of sp³-hybridized carbons (Fsp3) is 0.333. The number of amides is 2. The third-order valence-corrected chi connectivity index (χ3v) is 5.42. The molecule has 4 N–H and O–H groups in total. The van der Waals surface area contributed by atoms with Crippen LogP contribution in [0.1, 0.15) is 30.4 Å². The molecule has 0 bridgehead atoms. The number of hydrogen-bond donors (Lipinski definition) is 4. The van der Waals surface area contributed by atoms with Crippen molar-refractivity contribution in [1.29, 1.82) is 0 Å². The molecule has 1 aliphatic rings. The number of carbonyl (C=O) groups excluding carboxylic acids is 3. The van der Waals surface area contributed by atoms with Crippen molar-refractivity contribution in [1.82, 2.24) is 10.6 Å². The van der Waals surface area contributed by atoms with Crippen molar-refractivity contribution in [2.24, 2.45) is 0 Å². The third-order valence-electron chi connectivity index (χ3n) is 5.42. The maximum absolute atomic E-state index is 12.5. The first kappa shape index (κ1) is 24.7. The van der Waals surface area contributed by atoms with Gasteiger partial charge in [0.2, 0.25) is 6.04 Å². The number of aliphatic hydroxyl groups is 1. The molecule has 0 heterocycles. The smallest absolute Gasteiger partial charge is 0.408 e. The number of alkyl carbamates (subject to hydrolysis) is 1. The third kappa shape index (κ3) is 5.52. The molecule has 1 aliphatic carbocycles. The molecule has 2 atom stereocenters. The summed E-state index contributed by atoms with van der Waals surface area (Å²) in [5.74, 6) is -3.78. The number of carboxylic acid groups (broad SMARTS) is 1. The van der Waals surface area contributed by atoms with E-state index < -0.39 is 42.6 Å². The predicted molar refractivity (Wildman–Crippen MR) is 120 cm³/mol. The fourth-order valence-corrected chi connectivity index (χ4v) is 3.86. The summed E-state index contributed by atoms with van der Waals surface area (Å²) in [6.07, 6.45) is -1.31. The van der Waals surface area contributed by atoms with Crippen molar-refractivity contribution in [2.75, 3.05) is 19.8 Å². The first-order chi connectivity index (χ1) is 16.4. The lowest BCUT2D eigenvalue weighted by atomic mass is 9.98. The molecule has 0 aromatic heterocycles. The van der Waals surface area contributed by atoms with Crippen LogP contribution in [0, 0.1) is 0 Å². The fourth-order valence-electron chi connectivity index (χ4n) is 3.86. The normalized spacial score (nSPS) is 13.7. The molecule has 180 valence electrons. The van der Waals surface area contributed by atoms with Crippen LogP contribution in [0.4, 0.5) is 4.79 Å². The lowest BCUT2D eigenvalue weighted by Gasteiger charge is -2.20. The lowest BCUT2D eigenvalue weighted by molar-refractivity contribution is -0.151. The van der Waals surface area contributed by atoms with Gasteiger partial charge >= 0.3 is 18.0 Å². The molecule has 0 spiro atoms. The number of aliphatic carboxylic acids is 1. The number of rotatable bonds is 10. The van der Waals surface area contributed by atoms with E-state index in [1.807, 2.05) is 48.5 Å². The van der Waals surface area contributed by atoms with Crippen LogP contribution in [-0.4, -0.2) is 66.1 Å². The predicted octanol–water partition coefficient (Wildman–Crippen LogP) is 1.41. The zero-order valence-corrected chi connectivity index (χ0v) is 18.5. The molecule has 0 aliphatic heterocycles. The number of aliphatic hydroxyl groups excluding tert-OH is 1. The van der Waals surface area contributed by atoms with E-state index in [1.165, 1.54) is 6.92 Å². The Morgan fingerprint density at radius 2 is 1.53 bits per heavy atom. The number of fused-ring (bicyclic) bond motifs is 3. The highest BCUT2D eigenvalue weighted by Crippen LogP contribution is 2.44. The molecule has 2 aromatic rings. The average molecular weight is 470 g/mol. The van der Waals surface area contributed by atoms with Crippen LogP contribution < -0.4 is 10.6 Å². The molecule has 2 amide bonds. The van der Waals surface area contributed by atoms with E-state index in [0.717, 1.165) is 22.3 Å². The first-order valence-electron chi connectivity index (χ1n) is 10.8. The molecule has 0 radical (unpaired) electrons. The second kappa shape index (κ2) is 11.3. The minimum Gasteiger partial charge on any atom is -0.480 e. The number of ether oxygens (including phenoxy) is 2. The summed E-state index contributed by atoms with van der Waals surface area (Å²) in [5.41, 5.74) is 4.06. The number of esters is 1. The van der Waals surface area contributed by atoms with E-state index in [9.17, 15) is 24.3 Å². The zero-order valence-electron chi connectivity index (χ0n) is 18.5. The van der Waals surface area contributed by atoms with E-state index in [1.54, 1.807) is 0 Å². The SMILES string of the molecule is CCOC(=O)C(NC(=O)OCC1c2ccccc2-c2ccccc21)C(=O)N[C@@H](CCO)C(=O)O. The summed E-state index contributed by atoms with van der Waals surface area (Å²) in [6, 6.07) is 12.2. The second-order valence-corrected chi connectivity index (χ2v) is 7.57. The van der Waals surface area contributed by atoms with Crippen molar-refractivity contribution in [2.45, 2.75) is 31.3 Å². The van der Waals surface area contributed by atoms with Gasteiger partial charge in [0.1, 0.15) is 12.6 Å². The lowest BCUT2D eigenvalue weighted by Crippen LogP contribution is -2.55. The molecular formula is C24H26N2O8. The van der Waals surface area contributed by atoms with Crippen molar-refractivity contribution in [3.8, 4) is 11.1 Å². The highest BCUT2D eigenvalue weighted by molar-refractivity contribution is 6.05. The van der Waals surface area contributed by atoms with Crippen molar-refractivity contribution >= 4 is 23.9 Å². The largest absolute Gasteiger partial charge is 0.480 e. The van der Waals surface area contributed by atoms with Gasteiger partial charge in [0.15, 0.2) is 0 Å². The number of hydrogen-bond acceptors (Lipinski definition) is 7. The molecule has 34 heavy (non-hydrogen) atoms. The van der Waals surface area contributed by atoms with Gasteiger partial charge in [-0.15, -0.1) is 0 Å². The standard InChI is InChI=1S/C24H26N2O8/c1-2-33-23(31)20(21(28)25-19(11-12-27)22(29)30)26-24(32)34-13-18-16-9-5-3-7-14(16)15-8-4-6-10-17(15)18/h3-10,18-20,27H,2,11-13H2,1H3,(H,25,28)(H,26,32)(H,29,30)/t19-,20?/m0/s1. The molecule has 0 saturated heterocycles. The molecule has 3 rings (SSSR count). The molecule has 0 saturated carbocycles. The molecule has 10 heteroatoms. The van der Waals surface area contributed by atoms with Gasteiger partial charge in [0.05, 0.1) is 6.61 Å². The Morgan fingerprint density at radius 3 is 2.06 bits per heavy atom. The Kier molecular flexibility index (Phi) is 8.20.